The molecule has 0 aliphatic heterocycles. The van der Waals surface area contributed by atoms with E-state index < -0.39 is 0 Å². The smallest absolute Gasteiger partial charge is 0.269 e. The fraction of sp³-hybridized carbons (Fsp3) is 0.0833. The molecule has 0 spiro atoms. The summed E-state index contributed by atoms with van der Waals surface area (Å²) in [6.07, 6.45) is 1.76. The summed E-state index contributed by atoms with van der Waals surface area (Å²) in [7, 11) is 1.60. The highest BCUT2D eigenvalue weighted by atomic mass is 32.1. The molecule has 0 bridgehead atoms. The van der Waals surface area contributed by atoms with Crippen LogP contribution < -0.4 is 19.7 Å². The first kappa shape index (κ1) is 21.1. The maximum Gasteiger partial charge on any atom is 0.269 e. The Morgan fingerprint density at radius 1 is 1.00 bits per heavy atom. The molecule has 0 aromatic heterocycles. The number of nitrogens with one attached hydrogen (secondary N) is 1. The maximum atomic E-state index is 12.5. The van der Waals surface area contributed by atoms with Gasteiger partial charge in [0.15, 0.2) is 0 Å². The zero-order valence-corrected chi connectivity index (χ0v) is 17.4. The number of amides is 1. The summed E-state index contributed by atoms with van der Waals surface area (Å²) in [5.74, 6) is 1.06. The van der Waals surface area contributed by atoms with E-state index in [2.05, 4.69) is 11.9 Å². The molecule has 6 heteroatoms. The third-order valence-electron chi connectivity index (χ3n) is 4.27. The fourth-order valence-corrected chi connectivity index (χ4v) is 3.01. The molecule has 30 heavy (non-hydrogen) atoms. The van der Waals surface area contributed by atoms with Crippen LogP contribution in [0.2, 0.25) is 0 Å². The Kier molecular flexibility index (Phi) is 7.19. The number of methoxy groups -OCH3 is 1. The predicted octanol–water partition coefficient (Wildman–Crippen LogP) is 5.30. The van der Waals surface area contributed by atoms with Gasteiger partial charge in [0.05, 0.1) is 7.11 Å². The largest absolute Gasteiger partial charge is 0.497 e. The average molecular weight is 419 g/mol. The zero-order valence-electron chi connectivity index (χ0n) is 16.6. The van der Waals surface area contributed by atoms with Crippen molar-refractivity contribution in [2.75, 3.05) is 23.9 Å². The van der Waals surface area contributed by atoms with Gasteiger partial charge in [-0.25, -0.2) is 0 Å². The second-order valence-electron chi connectivity index (χ2n) is 6.31. The van der Waals surface area contributed by atoms with Gasteiger partial charge >= 0.3 is 0 Å². The van der Waals surface area contributed by atoms with Crippen molar-refractivity contribution in [3.63, 3.8) is 0 Å². The lowest BCUT2D eigenvalue weighted by Gasteiger charge is -2.23. The Labute approximate surface area is 181 Å². The van der Waals surface area contributed by atoms with Crippen LogP contribution in [0, 0.1) is 0 Å². The second-order valence-corrected chi connectivity index (χ2v) is 6.66. The third-order valence-corrected chi connectivity index (χ3v) is 4.57. The van der Waals surface area contributed by atoms with Gasteiger partial charge < -0.3 is 14.8 Å². The van der Waals surface area contributed by atoms with Gasteiger partial charge in [0, 0.05) is 23.5 Å². The second kappa shape index (κ2) is 10.2. The monoisotopic (exact) mass is 418 g/mol. The van der Waals surface area contributed by atoms with Gasteiger partial charge in [-0.15, -0.1) is 6.58 Å². The van der Waals surface area contributed by atoms with Crippen LogP contribution >= 0.6 is 12.2 Å². The standard InChI is InChI=1S/C24H22N2O3S/c1-3-17-26(20-7-5-4-6-8-20)24(30)29-22-13-9-18(10-14-22)23(27)25-19-11-15-21(28-2)16-12-19/h3-16H,1,17H2,2H3,(H,25,27). The van der Waals surface area contributed by atoms with E-state index in [1.54, 1.807) is 61.7 Å². The molecule has 0 aliphatic rings. The van der Waals surface area contributed by atoms with E-state index in [-0.39, 0.29) is 5.91 Å². The van der Waals surface area contributed by atoms with Crippen molar-refractivity contribution in [2.24, 2.45) is 0 Å². The molecule has 0 unspecified atom stereocenters. The van der Waals surface area contributed by atoms with Crippen molar-refractivity contribution < 1.29 is 14.3 Å². The van der Waals surface area contributed by atoms with E-state index in [0.29, 0.717) is 28.7 Å². The molecule has 3 aromatic rings. The summed E-state index contributed by atoms with van der Waals surface area (Å²) in [5, 5.41) is 3.15. The number of hydrogen-bond donors (Lipinski definition) is 1. The molecule has 3 aromatic carbocycles. The van der Waals surface area contributed by atoms with Crippen LogP contribution in [-0.2, 0) is 0 Å². The van der Waals surface area contributed by atoms with E-state index in [9.17, 15) is 4.79 Å². The summed E-state index contributed by atoms with van der Waals surface area (Å²) in [4.78, 5) is 14.3. The van der Waals surface area contributed by atoms with Crippen LogP contribution in [0.4, 0.5) is 11.4 Å². The predicted molar refractivity (Wildman–Crippen MR) is 125 cm³/mol. The first-order chi connectivity index (χ1) is 14.6. The van der Waals surface area contributed by atoms with E-state index in [1.807, 2.05) is 35.2 Å². The first-order valence-electron chi connectivity index (χ1n) is 9.31. The molecular formula is C24H22N2O3S. The van der Waals surface area contributed by atoms with Crippen LogP contribution in [0.3, 0.4) is 0 Å². The number of rotatable bonds is 7. The molecule has 152 valence electrons. The highest BCUT2D eigenvalue weighted by molar-refractivity contribution is 7.80. The molecule has 1 N–H and O–H groups in total. The Hall–Kier alpha value is -3.64. The molecule has 0 saturated heterocycles. The average Bonchev–Trinajstić information content (AvgIpc) is 2.79. The van der Waals surface area contributed by atoms with Gasteiger partial charge in [-0.3, -0.25) is 9.69 Å². The minimum atomic E-state index is -0.216. The van der Waals surface area contributed by atoms with Crippen LogP contribution in [0.15, 0.2) is 91.5 Å². The molecule has 3 rings (SSSR count). The van der Waals surface area contributed by atoms with Gasteiger partial charge in [0.2, 0.25) is 0 Å². The molecular weight excluding hydrogens is 396 g/mol. The maximum absolute atomic E-state index is 12.5. The van der Waals surface area contributed by atoms with E-state index in [4.69, 9.17) is 21.7 Å². The van der Waals surface area contributed by atoms with Crippen LogP contribution in [-0.4, -0.2) is 24.7 Å². The molecule has 1 amide bonds. The first-order valence-corrected chi connectivity index (χ1v) is 9.72. The molecule has 0 aliphatic carbocycles. The number of carbonyl (C=O) groups excluding carboxylic acids is 1. The lowest BCUT2D eigenvalue weighted by molar-refractivity contribution is 0.102. The number of anilines is 2. The van der Waals surface area contributed by atoms with Crippen molar-refractivity contribution in [3.8, 4) is 11.5 Å². The number of thiocarbonyl (C=S) groups is 1. The fourth-order valence-electron chi connectivity index (χ4n) is 2.73. The molecule has 0 radical (unpaired) electrons. The topological polar surface area (TPSA) is 50.8 Å². The van der Waals surface area contributed by atoms with Gasteiger partial charge in [0.25, 0.3) is 11.1 Å². The molecule has 0 atom stereocenters. The summed E-state index contributed by atoms with van der Waals surface area (Å²) >= 11 is 5.46. The van der Waals surface area contributed by atoms with Crippen molar-refractivity contribution in [2.45, 2.75) is 0 Å². The highest BCUT2D eigenvalue weighted by Gasteiger charge is 2.13. The number of para-hydroxylation sites is 1. The summed E-state index contributed by atoms with van der Waals surface area (Å²) in [5.41, 5.74) is 2.11. The van der Waals surface area contributed by atoms with E-state index in [0.717, 1.165) is 11.4 Å². The quantitative estimate of drug-likeness (QED) is 0.417. The van der Waals surface area contributed by atoms with Crippen molar-refractivity contribution >= 4 is 34.7 Å². The van der Waals surface area contributed by atoms with Crippen LogP contribution in [0.25, 0.3) is 0 Å². The number of hydrogen-bond acceptors (Lipinski definition) is 4. The number of nitrogens with zero attached hydrogens (tertiary/aromatic N) is 1. The van der Waals surface area contributed by atoms with Crippen molar-refractivity contribution in [3.05, 3.63) is 97.1 Å². The number of carbonyl (C=O) groups is 1. The third kappa shape index (κ3) is 5.46. The summed E-state index contributed by atoms with van der Waals surface area (Å²) in [6, 6.07) is 23.7. The minimum Gasteiger partial charge on any atom is -0.497 e. The van der Waals surface area contributed by atoms with Crippen LogP contribution in [0.5, 0.6) is 11.5 Å². The molecule has 0 heterocycles. The summed E-state index contributed by atoms with van der Waals surface area (Å²) < 4.78 is 10.9. The SMILES string of the molecule is C=CCN(C(=S)Oc1ccc(C(=O)Nc2ccc(OC)cc2)cc1)c1ccccc1. The lowest BCUT2D eigenvalue weighted by Crippen LogP contribution is -2.33. The highest BCUT2D eigenvalue weighted by Crippen LogP contribution is 2.20. The lowest BCUT2D eigenvalue weighted by atomic mass is 10.2. The Balaban J connectivity index is 1.64. The van der Waals surface area contributed by atoms with Gasteiger partial charge in [0.1, 0.15) is 11.5 Å². The van der Waals surface area contributed by atoms with Gasteiger partial charge in [-0.05, 0) is 72.9 Å². The molecule has 5 nitrogen and oxygen atoms in total. The minimum absolute atomic E-state index is 0.216. The number of benzene rings is 3. The van der Waals surface area contributed by atoms with Crippen molar-refractivity contribution in [1.29, 1.82) is 0 Å². The molecule has 0 fully saturated rings. The van der Waals surface area contributed by atoms with Crippen molar-refractivity contribution in [1.82, 2.24) is 0 Å². The zero-order chi connectivity index (χ0) is 21.3. The number of ether oxygens (including phenoxy) is 2. The Morgan fingerprint density at radius 3 is 2.23 bits per heavy atom. The Bertz CT molecular complexity index is 1000. The van der Waals surface area contributed by atoms with Gasteiger partial charge in [-0.1, -0.05) is 24.3 Å². The normalized spacial score (nSPS) is 10.0. The Morgan fingerprint density at radius 2 is 1.63 bits per heavy atom. The van der Waals surface area contributed by atoms with E-state index in [1.165, 1.54) is 0 Å². The van der Waals surface area contributed by atoms with E-state index >= 15 is 0 Å². The molecule has 0 saturated carbocycles. The summed E-state index contributed by atoms with van der Waals surface area (Å²) in [6.45, 7) is 4.30. The van der Waals surface area contributed by atoms with Crippen LogP contribution in [0.1, 0.15) is 10.4 Å². The van der Waals surface area contributed by atoms with Gasteiger partial charge in [-0.2, -0.15) is 0 Å².